The molecule has 0 radical (unpaired) electrons. The van der Waals surface area contributed by atoms with Crippen molar-refractivity contribution in [2.24, 2.45) is 0 Å². The van der Waals surface area contributed by atoms with Crippen molar-refractivity contribution in [2.45, 2.75) is 39.2 Å². The van der Waals surface area contributed by atoms with Gasteiger partial charge in [-0.3, -0.25) is 14.5 Å². The largest absolute Gasteiger partial charge is 0.507 e. The number of rotatable bonds is 11. The van der Waals surface area contributed by atoms with Crippen molar-refractivity contribution < 1.29 is 28.9 Å². The van der Waals surface area contributed by atoms with E-state index in [1.54, 1.807) is 37.4 Å². The number of aliphatic hydroxyl groups excluding tert-OH is 1. The van der Waals surface area contributed by atoms with Crippen LogP contribution in [0.4, 0.5) is 5.13 Å². The molecule has 3 aromatic carbocycles. The van der Waals surface area contributed by atoms with E-state index in [-0.39, 0.29) is 11.3 Å². The number of nitrogens with zero attached hydrogens (tertiary/aromatic N) is 2. The number of carbonyl (C=O) groups is 2. The molecule has 1 aliphatic heterocycles. The van der Waals surface area contributed by atoms with Gasteiger partial charge in [-0.15, -0.1) is 0 Å². The molecular weight excluding hydrogens is 540 g/mol. The minimum atomic E-state index is -0.914. The number of unbranched alkanes of at least 4 members (excludes halogenated alkanes) is 1. The van der Waals surface area contributed by atoms with Crippen LogP contribution < -0.4 is 19.1 Å². The third kappa shape index (κ3) is 5.76. The van der Waals surface area contributed by atoms with Crippen LogP contribution in [-0.4, -0.2) is 42.1 Å². The van der Waals surface area contributed by atoms with Gasteiger partial charge in [0, 0.05) is 5.56 Å². The second kappa shape index (κ2) is 12.4. The lowest BCUT2D eigenvalue weighted by Crippen LogP contribution is -2.29. The molecule has 0 saturated carbocycles. The molecule has 1 fully saturated rings. The summed E-state index contributed by atoms with van der Waals surface area (Å²) >= 11 is 1.28. The van der Waals surface area contributed by atoms with Crippen LogP contribution in [0.3, 0.4) is 0 Å². The highest BCUT2D eigenvalue weighted by atomic mass is 32.1. The van der Waals surface area contributed by atoms with E-state index in [0.29, 0.717) is 52.2 Å². The molecule has 1 amide bonds. The number of anilines is 1. The van der Waals surface area contributed by atoms with Crippen molar-refractivity contribution in [2.75, 3.05) is 25.2 Å². The van der Waals surface area contributed by atoms with Crippen LogP contribution >= 0.6 is 11.3 Å². The van der Waals surface area contributed by atoms with Gasteiger partial charge in [-0.2, -0.15) is 0 Å². The first kappa shape index (κ1) is 28.2. The molecule has 1 saturated heterocycles. The van der Waals surface area contributed by atoms with E-state index in [4.69, 9.17) is 14.2 Å². The van der Waals surface area contributed by atoms with Crippen molar-refractivity contribution in [3.05, 3.63) is 83.4 Å². The number of fused-ring (bicyclic) bond motifs is 1. The lowest BCUT2D eigenvalue weighted by Gasteiger charge is -2.23. The average Bonchev–Trinajstić information content (AvgIpc) is 3.53. The van der Waals surface area contributed by atoms with E-state index in [1.807, 2.05) is 43.3 Å². The normalized spacial score (nSPS) is 16.4. The first-order chi connectivity index (χ1) is 19.9. The molecule has 5 rings (SSSR count). The molecule has 1 atom stereocenters. The van der Waals surface area contributed by atoms with Gasteiger partial charge < -0.3 is 19.3 Å². The molecule has 0 spiro atoms. The Morgan fingerprint density at radius 1 is 0.927 bits per heavy atom. The summed E-state index contributed by atoms with van der Waals surface area (Å²) in [6, 6.07) is 18.6. The SMILES string of the molecule is CCCCOc1cccc(C2C(=C(O)c3ccc(OCCC)cc3)C(=O)C(=O)N2c2nc3ccc(OC)cc3s2)c1. The minimum absolute atomic E-state index is 0.0141. The number of ether oxygens (including phenoxy) is 3. The maximum atomic E-state index is 13.6. The fraction of sp³-hybridized carbons (Fsp3) is 0.281. The van der Waals surface area contributed by atoms with E-state index in [9.17, 15) is 14.7 Å². The lowest BCUT2D eigenvalue weighted by molar-refractivity contribution is -0.132. The number of aliphatic hydroxyl groups is 1. The highest BCUT2D eigenvalue weighted by molar-refractivity contribution is 7.22. The van der Waals surface area contributed by atoms with Crippen molar-refractivity contribution in [1.29, 1.82) is 0 Å². The summed E-state index contributed by atoms with van der Waals surface area (Å²) in [5.74, 6) is 0.124. The number of thiazole rings is 1. The molecule has 2 heterocycles. The van der Waals surface area contributed by atoms with Crippen LogP contribution in [0, 0.1) is 0 Å². The molecule has 41 heavy (non-hydrogen) atoms. The Kier molecular flexibility index (Phi) is 8.54. The van der Waals surface area contributed by atoms with Gasteiger partial charge in [0.15, 0.2) is 5.13 Å². The van der Waals surface area contributed by atoms with Gasteiger partial charge in [0.1, 0.15) is 23.0 Å². The maximum Gasteiger partial charge on any atom is 0.301 e. The van der Waals surface area contributed by atoms with Gasteiger partial charge in [-0.25, -0.2) is 4.98 Å². The summed E-state index contributed by atoms with van der Waals surface area (Å²) in [5, 5.41) is 11.8. The zero-order chi connectivity index (χ0) is 28.9. The third-order valence-corrected chi connectivity index (χ3v) is 7.79. The van der Waals surface area contributed by atoms with Gasteiger partial charge in [0.25, 0.3) is 5.78 Å². The number of amides is 1. The van der Waals surface area contributed by atoms with Gasteiger partial charge in [-0.05, 0) is 73.0 Å². The molecule has 4 aromatic rings. The Balaban J connectivity index is 1.62. The predicted octanol–water partition coefficient (Wildman–Crippen LogP) is 6.90. The molecule has 1 N–H and O–H groups in total. The van der Waals surface area contributed by atoms with Gasteiger partial charge >= 0.3 is 5.91 Å². The van der Waals surface area contributed by atoms with Gasteiger partial charge in [-0.1, -0.05) is 43.7 Å². The van der Waals surface area contributed by atoms with Crippen molar-refractivity contribution in [1.82, 2.24) is 4.98 Å². The molecule has 9 heteroatoms. The van der Waals surface area contributed by atoms with Crippen LogP contribution in [0.25, 0.3) is 16.0 Å². The van der Waals surface area contributed by atoms with Crippen molar-refractivity contribution in [3.8, 4) is 17.2 Å². The second-order valence-corrected chi connectivity index (χ2v) is 10.7. The molecule has 1 aromatic heterocycles. The topological polar surface area (TPSA) is 98.2 Å². The smallest absolute Gasteiger partial charge is 0.301 e. The molecule has 212 valence electrons. The molecular formula is C32H32N2O6S. The monoisotopic (exact) mass is 572 g/mol. The fourth-order valence-corrected chi connectivity index (χ4v) is 5.68. The summed E-state index contributed by atoms with van der Waals surface area (Å²) in [6.07, 6.45) is 2.76. The standard InChI is InChI=1S/C32H32N2O6S/c1-4-6-17-40-24-9-7-8-21(18-24)28-27(29(35)20-10-12-22(13-11-20)39-16-5-2)30(36)31(37)34(28)32-33-25-15-14-23(38-3)19-26(25)41-32/h7-15,18-19,28,35H,4-6,16-17H2,1-3H3. The van der Waals surface area contributed by atoms with Gasteiger partial charge in [0.05, 0.1) is 42.2 Å². The first-order valence-corrected chi connectivity index (χ1v) is 14.5. The van der Waals surface area contributed by atoms with Crippen LogP contribution in [0.15, 0.2) is 72.3 Å². The zero-order valence-corrected chi connectivity index (χ0v) is 24.1. The van der Waals surface area contributed by atoms with E-state index in [2.05, 4.69) is 11.9 Å². The van der Waals surface area contributed by atoms with Crippen LogP contribution in [-0.2, 0) is 9.59 Å². The minimum Gasteiger partial charge on any atom is -0.507 e. The Bertz CT molecular complexity index is 1590. The lowest BCUT2D eigenvalue weighted by atomic mass is 9.95. The maximum absolute atomic E-state index is 13.6. The Morgan fingerprint density at radius 3 is 2.41 bits per heavy atom. The summed E-state index contributed by atoms with van der Waals surface area (Å²) in [5.41, 5.74) is 1.69. The number of Topliss-reactive ketones (excluding diaryl/α,β-unsaturated/α-hetero) is 1. The van der Waals surface area contributed by atoms with Crippen LogP contribution in [0.5, 0.6) is 17.2 Å². The highest BCUT2D eigenvalue weighted by Crippen LogP contribution is 2.45. The average molecular weight is 573 g/mol. The molecule has 8 nitrogen and oxygen atoms in total. The summed E-state index contributed by atoms with van der Waals surface area (Å²) in [6.45, 7) is 5.22. The number of methoxy groups -OCH3 is 1. The number of benzene rings is 3. The number of hydrogen-bond donors (Lipinski definition) is 1. The molecule has 1 unspecified atom stereocenters. The highest BCUT2D eigenvalue weighted by Gasteiger charge is 2.48. The molecule has 0 bridgehead atoms. The fourth-order valence-electron chi connectivity index (χ4n) is 4.66. The quantitative estimate of drug-likeness (QED) is 0.0904. The van der Waals surface area contributed by atoms with E-state index >= 15 is 0 Å². The predicted molar refractivity (Wildman–Crippen MR) is 160 cm³/mol. The van der Waals surface area contributed by atoms with Crippen LogP contribution in [0.1, 0.15) is 50.3 Å². The Labute approximate surface area is 242 Å². The number of aromatic nitrogens is 1. The van der Waals surface area contributed by atoms with E-state index in [0.717, 1.165) is 24.0 Å². The Morgan fingerprint density at radius 2 is 1.68 bits per heavy atom. The Hall–Kier alpha value is -4.37. The van der Waals surface area contributed by atoms with E-state index in [1.165, 1.54) is 16.2 Å². The third-order valence-electron chi connectivity index (χ3n) is 6.78. The summed E-state index contributed by atoms with van der Waals surface area (Å²) in [7, 11) is 1.58. The summed E-state index contributed by atoms with van der Waals surface area (Å²) in [4.78, 5) is 33.3. The number of hydrogen-bond acceptors (Lipinski definition) is 8. The summed E-state index contributed by atoms with van der Waals surface area (Å²) < 4.78 is 17.7. The second-order valence-electron chi connectivity index (χ2n) is 9.65. The number of carbonyl (C=O) groups excluding carboxylic acids is 2. The number of ketones is 1. The van der Waals surface area contributed by atoms with Crippen LogP contribution in [0.2, 0.25) is 0 Å². The zero-order valence-electron chi connectivity index (χ0n) is 23.3. The van der Waals surface area contributed by atoms with E-state index < -0.39 is 17.7 Å². The molecule has 1 aliphatic rings. The van der Waals surface area contributed by atoms with Gasteiger partial charge in [0.2, 0.25) is 0 Å². The molecule has 0 aliphatic carbocycles. The van der Waals surface area contributed by atoms with Crippen molar-refractivity contribution in [3.63, 3.8) is 0 Å². The van der Waals surface area contributed by atoms with Crippen molar-refractivity contribution >= 4 is 44.1 Å². The first-order valence-electron chi connectivity index (χ1n) is 13.7.